The third kappa shape index (κ3) is 5.47. The Morgan fingerprint density at radius 1 is 1.19 bits per heavy atom. The number of aliphatic imine (C=N–C) groups is 1. The van der Waals surface area contributed by atoms with Crippen LogP contribution in [0.1, 0.15) is 23.6 Å². The molecule has 2 aromatic rings. The normalized spacial score (nSPS) is 12.1. The predicted molar refractivity (Wildman–Crippen MR) is 111 cm³/mol. The van der Waals surface area contributed by atoms with E-state index in [0.29, 0.717) is 35.9 Å². The van der Waals surface area contributed by atoms with Crippen molar-refractivity contribution in [2.24, 2.45) is 4.99 Å². The van der Waals surface area contributed by atoms with Gasteiger partial charge in [-0.15, -0.1) is 24.0 Å². The molecule has 3 rings (SSSR count). The highest BCUT2D eigenvalue weighted by Crippen LogP contribution is 2.32. The van der Waals surface area contributed by atoms with E-state index in [2.05, 4.69) is 15.6 Å². The highest BCUT2D eigenvalue weighted by Gasteiger charge is 2.13. The van der Waals surface area contributed by atoms with E-state index in [1.54, 1.807) is 0 Å². The van der Waals surface area contributed by atoms with Gasteiger partial charge < -0.3 is 20.1 Å². The molecule has 8 heteroatoms. The van der Waals surface area contributed by atoms with Gasteiger partial charge in [0.25, 0.3) is 0 Å². The summed E-state index contributed by atoms with van der Waals surface area (Å²) in [6.07, 6.45) is 0. The number of nitriles is 1. The fourth-order valence-corrected chi connectivity index (χ4v) is 2.51. The third-order valence-electron chi connectivity index (χ3n) is 3.82. The molecule has 27 heavy (non-hydrogen) atoms. The van der Waals surface area contributed by atoms with Gasteiger partial charge in [-0.25, -0.2) is 9.38 Å². The number of fused-ring (bicyclic) bond motifs is 1. The van der Waals surface area contributed by atoms with Crippen LogP contribution in [0, 0.1) is 17.1 Å². The van der Waals surface area contributed by atoms with Gasteiger partial charge >= 0.3 is 0 Å². The van der Waals surface area contributed by atoms with Crippen LogP contribution < -0.4 is 20.1 Å². The van der Waals surface area contributed by atoms with Crippen LogP contribution in [0.2, 0.25) is 0 Å². The number of nitrogens with one attached hydrogen (secondary N) is 2. The van der Waals surface area contributed by atoms with Crippen LogP contribution in [0.5, 0.6) is 11.5 Å². The van der Waals surface area contributed by atoms with E-state index in [9.17, 15) is 4.39 Å². The van der Waals surface area contributed by atoms with Crippen LogP contribution >= 0.6 is 24.0 Å². The summed E-state index contributed by atoms with van der Waals surface area (Å²) in [5, 5.41) is 15.1. The first-order valence-corrected chi connectivity index (χ1v) is 8.29. The molecule has 0 aliphatic carbocycles. The van der Waals surface area contributed by atoms with E-state index >= 15 is 0 Å². The third-order valence-corrected chi connectivity index (χ3v) is 3.82. The molecule has 1 heterocycles. The van der Waals surface area contributed by atoms with Crippen molar-refractivity contribution >= 4 is 29.9 Å². The Hall–Kier alpha value is -2.54. The first-order chi connectivity index (χ1) is 12.7. The minimum absolute atomic E-state index is 0. The molecule has 0 bridgehead atoms. The molecule has 6 nitrogen and oxygen atoms in total. The van der Waals surface area contributed by atoms with Gasteiger partial charge in [-0.3, -0.25) is 0 Å². The van der Waals surface area contributed by atoms with Gasteiger partial charge in [-0.2, -0.15) is 5.26 Å². The van der Waals surface area contributed by atoms with E-state index < -0.39 is 0 Å². The second-order valence-electron chi connectivity index (χ2n) is 5.65. The van der Waals surface area contributed by atoms with Crippen LogP contribution in [0.25, 0.3) is 0 Å². The molecule has 0 saturated carbocycles. The molecule has 0 spiro atoms. The molecule has 0 atom stereocenters. The Balaban J connectivity index is 0.00000261. The smallest absolute Gasteiger partial charge is 0.231 e. The topological polar surface area (TPSA) is 78.7 Å². The molecule has 0 aromatic heterocycles. The van der Waals surface area contributed by atoms with Crippen molar-refractivity contribution in [2.45, 2.75) is 20.0 Å². The lowest BCUT2D eigenvalue weighted by Gasteiger charge is -2.12. The first kappa shape index (κ1) is 20.8. The Labute approximate surface area is 174 Å². The summed E-state index contributed by atoms with van der Waals surface area (Å²) in [5.41, 5.74) is 1.81. The Bertz CT molecular complexity index is 867. The summed E-state index contributed by atoms with van der Waals surface area (Å²) in [5.74, 6) is 1.65. The number of halogens is 2. The van der Waals surface area contributed by atoms with Crippen molar-refractivity contribution in [3.05, 3.63) is 58.9 Å². The summed E-state index contributed by atoms with van der Waals surface area (Å²) in [7, 11) is 0. The molecular formula is C19H20FIN4O2. The first-order valence-electron chi connectivity index (χ1n) is 8.29. The van der Waals surface area contributed by atoms with Crippen molar-refractivity contribution < 1.29 is 13.9 Å². The summed E-state index contributed by atoms with van der Waals surface area (Å²) < 4.78 is 24.5. The highest BCUT2D eigenvalue weighted by atomic mass is 127. The summed E-state index contributed by atoms with van der Waals surface area (Å²) >= 11 is 0. The minimum atomic E-state index is -0.358. The Kier molecular flexibility index (Phi) is 7.67. The molecule has 0 unspecified atom stereocenters. The molecule has 0 saturated heterocycles. The Morgan fingerprint density at radius 3 is 2.78 bits per heavy atom. The zero-order chi connectivity index (χ0) is 18.4. The van der Waals surface area contributed by atoms with Gasteiger partial charge in [0.05, 0.1) is 18.2 Å². The van der Waals surface area contributed by atoms with Gasteiger partial charge in [0.2, 0.25) is 6.79 Å². The number of benzene rings is 2. The van der Waals surface area contributed by atoms with Gasteiger partial charge in [-0.1, -0.05) is 6.07 Å². The molecule has 0 radical (unpaired) electrons. The van der Waals surface area contributed by atoms with Gasteiger partial charge in [-0.05, 0) is 42.8 Å². The quantitative estimate of drug-likeness (QED) is 0.389. The number of rotatable bonds is 5. The fourth-order valence-electron chi connectivity index (χ4n) is 2.51. The SMILES string of the molecule is CCNC(=NCc1ccc2c(c1)OCO2)NCc1cc(C#N)ccc1F.I. The Morgan fingerprint density at radius 2 is 2.00 bits per heavy atom. The van der Waals surface area contributed by atoms with Crippen LogP contribution in [0.3, 0.4) is 0 Å². The van der Waals surface area contributed by atoms with Crippen molar-refractivity contribution in [2.75, 3.05) is 13.3 Å². The molecule has 0 fully saturated rings. The maximum absolute atomic E-state index is 13.9. The van der Waals surface area contributed by atoms with E-state index in [4.69, 9.17) is 14.7 Å². The summed E-state index contributed by atoms with van der Waals surface area (Å²) in [6.45, 7) is 3.53. The van der Waals surface area contributed by atoms with E-state index in [1.807, 2.05) is 31.2 Å². The highest BCUT2D eigenvalue weighted by molar-refractivity contribution is 14.0. The van der Waals surface area contributed by atoms with Crippen LogP contribution in [0.4, 0.5) is 4.39 Å². The molecule has 142 valence electrons. The predicted octanol–water partition coefficient (Wildman–Crippen LogP) is 3.30. The second-order valence-corrected chi connectivity index (χ2v) is 5.65. The lowest BCUT2D eigenvalue weighted by atomic mass is 10.1. The molecule has 2 N–H and O–H groups in total. The van der Waals surface area contributed by atoms with Gasteiger partial charge in [0, 0.05) is 18.7 Å². The zero-order valence-corrected chi connectivity index (χ0v) is 17.1. The zero-order valence-electron chi connectivity index (χ0n) is 14.8. The van der Waals surface area contributed by atoms with Crippen LogP contribution in [-0.2, 0) is 13.1 Å². The number of nitrogens with zero attached hydrogens (tertiary/aromatic N) is 2. The number of ether oxygens (including phenoxy) is 2. The molecule has 1 aliphatic rings. The lowest BCUT2D eigenvalue weighted by molar-refractivity contribution is 0.174. The average Bonchev–Trinajstić information content (AvgIpc) is 3.13. The number of hydrogen-bond donors (Lipinski definition) is 2. The summed E-state index contributed by atoms with van der Waals surface area (Å²) in [6, 6.07) is 12.0. The summed E-state index contributed by atoms with van der Waals surface area (Å²) in [4.78, 5) is 4.51. The van der Waals surface area contributed by atoms with E-state index in [-0.39, 0.29) is 43.1 Å². The van der Waals surface area contributed by atoms with Gasteiger partial charge in [0.15, 0.2) is 17.5 Å². The maximum Gasteiger partial charge on any atom is 0.231 e. The fraction of sp³-hybridized carbons (Fsp3) is 0.263. The standard InChI is InChI=1S/C19H19FN4O2.HI/c1-2-22-19(24-11-15-7-13(9-21)3-5-16(15)20)23-10-14-4-6-17-18(8-14)26-12-25-17;/h3-8H,2,10-12H2,1H3,(H2,22,23,24);1H. The van der Waals surface area contributed by atoms with Crippen molar-refractivity contribution in [1.82, 2.24) is 10.6 Å². The molecule has 2 aromatic carbocycles. The van der Waals surface area contributed by atoms with Crippen LogP contribution in [0.15, 0.2) is 41.4 Å². The monoisotopic (exact) mass is 482 g/mol. The van der Waals surface area contributed by atoms with Crippen molar-refractivity contribution in [3.63, 3.8) is 0 Å². The van der Waals surface area contributed by atoms with Crippen molar-refractivity contribution in [3.8, 4) is 17.6 Å². The van der Waals surface area contributed by atoms with E-state index in [0.717, 1.165) is 11.3 Å². The van der Waals surface area contributed by atoms with E-state index in [1.165, 1.54) is 18.2 Å². The largest absolute Gasteiger partial charge is 0.454 e. The van der Waals surface area contributed by atoms with Gasteiger partial charge in [0.1, 0.15) is 5.82 Å². The molecular weight excluding hydrogens is 462 g/mol. The average molecular weight is 482 g/mol. The molecule has 1 aliphatic heterocycles. The second kappa shape index (κ2) is 9.97. The maximum atomic E-state index is 13.9. The number of guanidine groups is 1. The van der Waals surface area contributed by atoms with Crippen molar-refractivity contribution in [1.29, 1.82) is 5.26 Å². The lowest BCUT2D eigenvalue weighted by Crippen LogP contribution is -2.37. The van der Waals surface area contributed by atoms with Crippen LogP contribution in [-0.4, -0.2) is 19.3 Å². The number of hydrogen-bond acceptors (Lipinski definition) is 4. The minimum Gasteiger partial charge on any atom is -0.454 e. The molecule has 0 amide bonds.